The Labute approximate surface area is 62.7 Å². The highest BCUT2D eigenvalue weighted by Gasteiger charge is 2.00. The summed E-state index contributed by atoms with van der Waals surface area (Å²) in [5.41, 5.74) is 0.733. The normalized spacial score (nSPS) is 10.3. The highest BCUT2D eigenvalue weighted by atomic mass is 16.5. The Bertz CT molecular complexity index is 369. The lowest BCUT2D eigenvalue weighted by atomic mass is 10.7. The number of fused-ring (bicyclic) bond motifs is 1. The Balaban J connectivity index is 2.79. The maximum atomic E-state index is 4.94. The third-order valence-electron chi connectivity index (χ3n) is 1.34. The Hall–Kier alpha value is -1.65. The molecular weight excluding hydrogens is 144 g/mol. The number of rotatable bonds is 1. The van der Waals surface area contributed by atoms with Gasteiger partial charge in [0.1, 0.15) is 6.33 Å². The summed E-state index contributed by atoms with van der Waals surface area (Å²) in [7, 11) is 1.55. The molecule has 0 bridgehead atoms. The fourth-order valence-electron chi connectivity index (χ4n) is 0.873. The highest BCUT2D eigenvalue weighted by Crippen LogP contribution is 2.05. The molecule has 11 heavy (non-hydrogen) atoms. The molecule has 5 heteroatoms. The second-order valence-electron chi connectivity index (χ2n) is 1.96. The summed E-state index contributed by atoms with van der Waals surface area (Å²) >= 11 is 0. The number of nitrogens with zero attached hydrogens (tertiary/aromatic N) is 4. The van der Waals surface area contributed by atoms with Crippen LogP contribution in [0.4, 0.5) is 0 Å². The van der Waals surface area contributed by atoms with Gasteiger partial charge in [-0.1, -0.05) is 0 Å². The molecule has 0 spiro atoms. The predicted octanol–water partition coefficient (Wildman–Crippen LogP) is 0.133. The van der Waals surface area contributed by atoms with Crippen LogP contribution in [0.2, 0.25) is 0 Å². The van der Waals surface area contributed by atoms with E-state index < -0.39 is 0 Å². The maximum absolute atomic E-state index is 4.94. The zero-order chi connectivity index (χ0) is 7.68. The van der Waals surface area contributed by atoms with Gasteiger partial charge in [0.05, 0.1) is 13.3 Å². The molecule has 0 aliphatic heterocycles. The summed E-state index contributed by atoms with van der Waals surface area (Å²) in [6, 6.07) is 2.23. The van der Waals surface area contributed by atoms with Crippen molar-refractivity contribution in [3.05, 3.63) is 18.6 Å². The van der Waals surface area contributed by atoms with Crippen molar-refractivity contribution in [1.82, 2.24) is 19.6 Å². The molecule has 0 aromatic carbocycles. The summed E-state index contributed by atoms with van der Waals surface area (Å²) in [6.07, 6.45) is 3.09. The van der Waals surface area contributed by atoms with E-state index in [1.165, 1.54) is 10.8 Å². The average molecular weight is 150 g/mol. The summed E-state index contributed by atoms with van der Waals surface area (Å²) < 4.78 is 6.46. The van der Waals surface area contributed by atoms with E-state index in [9.17, 15) is 0 Å². The summed E-state index contributed by atoms with van der Waals surface area (Å²) in [4.78, 5) is 7.82. The Morgan fingerprint density at radius 2 is 2.36 bits per heavy atom. The van der Waals surface area contributed by atoms with Gasteiger partial charge < -0.3 is 4.74 Å². The molecule has 0 saturated carbocycles. The zero-order valence-corrected chi connectivity index (χ0v) is 5.93. The average Bonchev–Trinajstić information content (AvgIpc) is 2.50. The lowest BCUT2D eigenvalue weighted by molar-refractivity contribution is 0.365. The van der Waals surface area contributed by atoms with E-state index in [0.717, 1.165) is 5.65 Å². The van der Waals surface area contributed by atoms with Crippen molar-refractivity contribution in [3.63, 3.8) is 0 Å². The Morgan fingerprint density at radius 1 is 1.45 bits per heavy atom. The van der Waals surface area contributed by atoms with Gasteiger partial charge in [0, 0.05) is 6.07 Å². The van der Waals surface area contributed by atoms with Gasteiger partial charge in [-0.2, -0.15) is 14.6 Å². The molecule has 2 aromatic heterocycles. The van der Waals surface area contributed by atoms with Gasteiger partial charge in [-0.15, -0.1) is 0 Å². The molecule has 0 saturated heterocycles. The SMILES string of the molecule is COc1ncnc2ccnn12. The maximum Gasteiger partial charge on any atom is 0.320 e. The number of methoxy groups -OCH3 is 1. The van der Waals surface area contributed by atoms with Crippen molar-refractivity contribution in [2.45, 2.75) is 0 Å². The van der Waals surface area contributed by atoms with Crippen molar-refractivity contribution < 1.29 is 4.74 Å². The van der Waals surface area contributed by atoms with Crippen molar-refractivity contribution >= 4 is 5.65 Å². The number of aromatic nitrogens is 4. The monoisotopic (exact) mass is 150 g/mol. The molecule has 0 radical (unpaired) electrons. The van der Waals surface area contributed by atoms with Crippen LogP contribution in [-0.2, 0) is 0 Å². The van der Waals surface area contributed by atoms with Gasteiger partial charge in [0.2, 0.25) is 0 Å². The highest BCUT2D eigenvalue weighted by molar-refractivity contribution is 5.35. The van der Waals surface area contributed by atoms with Gasteiger partial charge in [-0.3, -0.25) is 0 Å². The molecule has 2 rings (SSSR count). The second kappa shape index (κ2) is 2.19. The minimum Gasteiger partial charge on any atom is -0.467 e. The number of hydrogen-bond acceptors (Lipinski definition) is 4. The van der Waals surface area contributed by atoms with Gasteiger partial charge >= 0.3 is 6.01 Å². The van der Waals surface area contributed by atoms with Crippen LogP contribution in [0.3, 0.4) is 0 Å². The van der Waals surface area contributed by atoms with E-state index >= 15 is 0 Å². The smallest absolute Gasteiger partial charge is 0.320 e. The van der Waals surface area contributed by atoms with Crippen molar-refractivity contribution in [1.29, 1.82) is 0 Å². The van der Waals surface area contributed by atoms with Crippen LogP contribution in [0.15, 0.2) is 18.6 Å². The molecule has 0 aliphatic rings. The minimum atomic E-state index is 0.444. The molecule has 0 fully saturated rings. The van der Waals surface area contributed by atoms with Crippen molar-refractivity contribution in [2.75, 3.05) is 7.11 Å². The van der Waals surface area contributed by atoms with Gasteiger partial charge in [-0.05, 0) is 0 Å². The first-order chi connectivity index (χ1) is 5.42. The van der Waals surface area contributed by atoms with Crippen LogP contribution >= 0.6 is 0 Å². The van der Waals surface area contributed by atoms with Crippen LogP contribution in [0.1, 0.15) is 0 Å². The first kappa shape index (κ1) is 6.09. The Kier molecular flexibility index (Phi) is 1.21. The van der Waals surface area contributed by atoms with E-state index in [1.54, 1.807) is 19.4 Å². The van der Waals surface area contributed by atoms with E-state index in [1.807, 2.05) is 0 Å². The van der Waals surface area contributed by atoms with Crippen LogP contribution in [0, 0.1) is 0 Å². The van der Waals surface area contributed by atoms with Gasteiger partial charge in [-0.25, -0.2) is 4.98 Å². The van der Waals surface area contributed by atoms with E-state index in [4.69, 9.17) is 4.74 Å². The molecule has 0 aliphatic carbocycles. The largest absolute Gasteiger partial charge is 0.467 e. The number of hydrogen-bond donors (Lipinski definition) is 0. The quantitative estimate of drug-likeness (QED) is 0.580. The predicted molar refractivity (Wildman–Crippen MR) is 37.3 cm³/mol. The van der Waals surface area contributed by atoms with Crippen LogP contribution in [-0.4, -0.2) is 26.7 Å². The summed E-state index contributed by atoms with van der Waals surface area (Å²) in [6.45, 7) is 0. The number of ether oxygens (including phenoxy) is 1. The minimum absolute atomic E-state index is 0.444. The lowest BCUT2D eigenvalue weighted by Crippen LogP contribution is -1.99. The first-order valence-electron chi connectivity index (χ1n) is 3.10. The third-order valence-corrected chi connectivity index (χ3v) is 1.34. The molecule has 2 aromatic rings. The van der Waals surface area contributed by atoms with Crippen LogP contribution in [0.25, 0.3) is 5.65 Å². The van der Waals surface area contributed by atoms with Crippen molar-refractivity contribution in [3.8, 4) is 6.01 Å². The molecule has 0 atom stereocenters. The first-order valence-corrected chi connectivity index (χ1v) is 3.10. The van der Waals surface area contributed by atoms with Gasteiger partial charge in [0.25, 0.3) is 0 Å². The van der Waals surface area contributed by atoms with E-state index in [2.05, 4.69) is 15.1 Å². The molecule has 56 valence electrons. The fourth-order valence-corrected chi connectivity index (χ4v) is 0.873. The van der Waals surface area contributed by atoms with E-state index in [0.29, 0.717) is 6.01 Å². The zero-order valence-electron chi connectivity index (χ0n) is 5.93. The standard InChI is InChI=1S/C6H6N4O/c1-11-6-8-4-7-5-2-3-9-10(5)6/h2-4H,1H3. The van der Waals surface area contributed by atoms with E-state index in [-0.39, 0.29) is 0 Å². The molecule has 0 unspecified atom stereocenters. The third kappa shape index (κ3) is 0.813. The molecule has 2 heterocycles. The molecule has 5 nitrogen and oxygen atoms in total. The Morgan fingerprint density at radius 3 is 3.18 bits per heavy atom. The molecular formula is C6H6N4O. The molecule has 0 N–H and O–H groups in total. The summed E-state index contributed by atoms with van der Waals surface area (Å²) in [5, 5.41) is 3.96. The van der Waals surface area contributed by atoms with Crippen LogP contribution < -0.4 is 4.74 Å². The van der Waals surface area contributed by atoms with Crippen LogP contribution in [0.5, 0.6) is 6.01 Å². The summed E-state index contributed by atoms with van der Waals surface area (Å²) in [5.74, 6) is 0. The fraction of sp³-hybridized carbons (Fsp3) is 0.167. The second-order valence-corrected chi connectivity index (χ2v) is 1.96. The van der Waals surface area contributed by atoms with Gasteiger partial charge in [0.15, 0.2) is 5.65 Å². The van der Waals surface area contributed by atoms with Crippen molar-refractivity contribution in [2.24, 2.45) is 0 Å². The topological polar surface area (TPSA) is 52.3 Å². The molecule has 0 amide bonds. The lowest BCUT2D eigenvalue weighted by Gasteiger charge is -1.98.